The van der Waals surface area contributed by atoms with E-state index in [9.17, 15) is 4.79 Å². The highest BCUT2D eigenvalue weighted by atomic mass is 35.5. The topological polar surface area (TPSA) is 54.9 Å². The molecule has 0 saturated carbocycles. The molecule has 0 aliphatic carbocycles. The Labute approximate surface area is 183 Å². The second-order valence-corrected chi connectivity index (χ2v) is 9.96. The molecule has 0 saturated heterocycles. The van der Waals surface area contributed by atoms with Crippen molar-refractivity contribution in [2.45, 2.75) is 10.8 Å². The van der Waals surface area contributed by atoms with Crippen molar-refractivity contribution in [2.75, 3.05) is 11.1 Å². The number of amides is 1. The van der Waals surface area contributed by atoms with Gasteiger partial charge in [0.25, 0.3) is 0 Å². The van der Waals surface area contributed by atoms with E-state index in [0.717, 1.165) is 25.0 Å². The van der Waals surface area contributed by atoms with Gasteiger partial charge in [-0.05, 0) is 23.8 Å². The van der Waals surface area contributed by atoms with Crippen LogP contribution in [0.15, 0.2) is 53.0 Å². The van der Waals surface area contributed by atoms with Crippen LogP contribution in [0.5, 0.6) is 0 Å². The first kappa shape index (κ1) is 19.7. The van der Waals surface area contributed by atoms with E-state index in [4.69, 9.17) is 23.2 Å². The Morgan fingerprint density at radius 1 is 1.11 bits per heavy atom. The monoisotopic (exact) mass is 465 g/mol. The number of fused-ring (bicyclic) bond motifs is 1. The molecule has 4 rings (SSSR count). The number of nitrogens with zero attached hydrogens (tertiary/aromatic N) is 2. The minimum atomic E-state index is -0.106. The molecule has 0 aliphatic heterocycles. The van der Waals surface area contributed by atoms with E-state index in [1.165, 1.54) is 23.1 Å². The summed E-state index contributed by atoms with van der Waals surface area (Å²) < 4.78 is 2.00. The number of carbonyl (C=O) groups is 1. The Morgan fingerprint density at radius 2 is 1.96 bits per heavy atom. The highest BCUT2D eigenvalue weighted by Gasteiger charge is 2.12. The fraction of sp³-hybridized carbons (Fsp3) is 0.105. The molecular weight excluding hydrogens is 453 g/mol. The standard InChI is InChI=1S/C19H13Cl2N3OS3/c20-13-5-3-4-11(17(13)21)8-12-9-22-18(27-12)24-16(25)10-26-19-23-14-6-1-2-7-15(14)28-19/h1-7,9H,8,10H2,(H,22,24,25). The Morgan fingerprint density at radius 3 is 2.82 bits per heavy atom. The number of thiazole rings is 2. The molecule has 0 fully saturated rings. The maximum absolute atomic E-state index is 12.2. The zero-order valence-electron chi connectivity index (χ0n) is 14.3. The van der Waals surface area contributed by atoms with Crippen LogP contribution in [0.3, 0.4) is 0 Å². The lowest BCUT2D eigenvalue weighted by Gasteiger charge is -2.03. The van der Waals surface area contributed by atoms with Gasteiger partial charge in [0.15, 0.2) is 9.47 Å². The maximum Gasteiger partial charge on any atom is 0.236 e. The molecule has 2 aromatic carbocycles. The van der Waals surface area contributed by atoms with Gasteiger partial charge >= 0.3 is 0 Å². The Kier molecular flexibility index (Phi) is 6.18. The molecule has 0 bridgehead atoms. The summed E-state index contributed by atoms with van der Waals surface area (Å²) >= 11 is 16.7. The van der Waals surface area contributed by atoms with Crippen molar-refractivity contribution < 1.29 is 4.79 Å². The van der Waals surface area contributed by atoms with E-state index < -0.39 is 0 Å². The fourth-order valence-electron chi connectivity index (χ4n) is 2.52. The van der Waals surface area contributed by atoms with Crippen LogP contribution in [0.4, 0.5) is 5.13 Å². The van der Waals surface area contributed by atoms with Gasteiger partial charge in [0.05, 0.1) is 26.0 Å². The molecule has 1 N–H and O–H groups in total. The predicted octanol–water partition coefficient (Wildman–Crippen LogP) is 6.38. The number of rotatable bonds is 6. The molecule has 0 spiro atoms. The fourth-order valence-corrected chi connectivity index (χ4v) is 5.62. The van der Waals surface area contributed by atoms with Gasteiger partial charge in [-0.1, -0.05) is 59.2 Å². The van der Waals surface area contributed by atoms with Crippen molar-refractivity contribution in [1.82, 2.24) is 9.97 Å². The van der Waals surface area contributed by atoms with Crippen LogP contribution in [0.25, 0.3) is 10.2 Å². The molecule has 2 aromatic heterocycles. The Hall–Kier alpha value is -1.64. The lowest BCUT2D eigenvalue weighted by atomic mass is 10.1. The van der Waals surface area contributed by atoms with Gasteiger partial charge in [-0.3, -0.25) is 4.79 Å². The van der Waals surface area contributed by atoms with Crippen LogP contribution in [-0.4, -0.2) is 21.6 Å². The average molecular weight is 466 g/mol. The van der Waals surface area contributed by atoms with Crippen LogP contribution >= 0.6 is 57.6 Å². The molecule has 1 amide bonds. The Bertz CT molecular complexity index is 1110. The molecule has 4 aromatic rings. The minimum Gasteiger partial charge on any atom is -0.301 e. The molecule has 9 heteroatoms. The number of halogens is 2. The lowest BCUT2D eigenvalue weighted by molar-refractivity contribution is -0.113. The van der Waals surface area contributed by atoms with E-state index in [1.54, 1.807) is 23.6 Å². The number of carbonyl (C=O) groups excluding carboxylic acids is 1. The zero-order valence-corrected chi connectivity index (χ0v) is 18.3. The van der Waals surface area contributed by atoms with Gasteiger partial charge in [-0.2, -0.15) is 0 Å². The normalized spacial score (nSPS) is 11.1. The number of para-hydroxylation sites is 1. The Balaban J connectivity index is 1.34. The summed E-state index contributed by atoms with van der Waals surface area (Å²) in [6, 6.07) is 13.5. The molecular formula is C19H13Cl2N3OS3. The molecule has 142 valence electrons. The van der Waals surface area contributed by atoms with E-state index in [-0.39, 0.29) is 11.7 Å². The van der Waals surface area contributed by atoms with Crippen molar-refractivity contribution in [3.63, 3.8) is 0 Å². The second kappa shape index (κ2) is 8.80. The first-order valence-electron chi connectivity index (χ1n) is 8.24. The van der Waals surface area contributed by atoms with Gasteiger partial charge < -0.3 is 5.32 Å². The lowest BCUT2D eigenvalue weighted by Crippen LogP contribution is -2.13. The van der Waals surface area contributed by atoms with Crippen molar-refractivity contribution >= 4 is 78.9 Å². The number of aromatic nitrogens is 2. The highest BCUT2D eigenvalue weighted by Crippen LogP contribution is 2.31. The molecule has 0 radical (unpaired) electrons. The summed E-state index contributed by atoms with van der Waals surface area (Å²) in [4.78, 5) is 22.0. The van der Waals surface area contributed by atoms with Crippen molar-refractivity contribution in [3.8, 4) is 0 Å². The van der Waals surface area contributed by atoms with Gasteiger partial charge in [-0.25, -0.2) is 9.97 Å². The van der Waals surface area contributed by atoms with E-state index in [0.29, 0.717) is 21.6 Å². The summed E-state index contributed by atoms with van der Waals surface area (Å²) in [6.07, 6.45) is 2.37. The number of hydrogen-bond acceptors (Lipinski definition) is 6. The third-order valence-corrected chi connectivity index (χ3v) is 7.75. The van der Waals surface area contributed by atoms with Gasteiger partial charge in [0, 0.05) is 17.5 Å². The predicted molar refractivity (Wildman–Crippen MR) is 120 cm³/mol. The third kappa shape index (κ3) is 4.67. The summed E-state index contributed by atoms with van der Waals surface area (Å²) in [6.45, 7) is 0. The summed E-state index contributed by atoms with van der Waals surface area (Å²) in [5, 5.41) is 4.50. The van der Waals surface area contributed by atoms with Crippen LogP contribution in [0.2, 0.25) is 10.0 Å². The van der Waals surface area contributed by atoms with Crippen LogP contribution in [-0.2, 0) is 11.2 Å². The van der Waals surface area contributed by atoms with Crippen LogP contribution in [0, 0.1) is 0 Å². The molecule has 0 atom stereocenters. The van der Waals surface area contributed by atoms with Crippen molar-refractivity contribution in [2.24, 2.45) is 0 Å². The first-order chi connectivity index (χ1) is 13.6. The molecule has 0 unspecified atom stereocenters. The van der Waals surface area contributed by atoms with Gasteiger partial charge in [-0.15, -0.1) is 22.7 Å². The zero-order chi connectivity index (χ0) is 19.5. The molecule has 2 heterocycles. The first-order valence-corrected chi connectivity index (χ1v) is 11.6. The molecule has 28 heavy (non-hydrogen) atoms. The van der Waals surface area contributed by atoms with Crippen LogP contribution < -0.4 is 5.32 Å². The van der Waals surface area contributed by atoms with E-state index in [2.05, 4.69) is 15.3 Å². The smallest absolute Gasteiger partial charge is 0.236 e. The summed E-state index contributed by atoms with van der Waals surface area (Å²) in [7, 11) is 0. The molecule has 4 nitrogen and oxygen atoms in total. The summed E-state index contributed by atoms with van der Waals surface area (Å²) in [5.74, 6) is 0.181. The quantitative estimate of drug-likeness (QED) is 0.335. The van der Waals surface area contributed by atoms with Crippen molar-refractivity contribution in [1.29, 1.82) is 0 Å². The summed E-state index contributed by atoms with van der Waals surface area (Å²) in [5.41, 5.74) is 1.89. The number of thioether (sulfide) groups is 1. The minimum absolute atomic E-state index is 0.106. The SMILES string of the molecule is O=C(CSc1nc2ccccc2s1)Nc1ncc(Cc2cccc(Cl)c2Cl)s1. The number of nitrogens with one attached hydrogen (secondary N) is 1. The second-order valence-electron chi connectivity index (χ2n) is 5.81. The number of hydrogen-bond donors (Lipinski definition) is 1. The van der Waals surface area contributed by atoms with Crippen molar-refractivity contribution in [3.05, 3.63) is 69.1 Å². The third-order valence-electron chi connectivity index (χ3n) is 3.80. The van der Waals surface area contributed by atoms with E-state index in [1.807, 2.05) is 36.4 Å². The highest BCUT2D eigenvalue weighted by molar-refractivity contribution is 8.01. The van der Waals surface area contributed by atoms with Crippen LogP contribution in [0.1, 0.15) is 10.4 Å². The maximum atomic E-state index is 12.2. The molecule has 0 aliphatic rings. The largest absolute Gasteiger partial charge is 0.301 e. The van der Waals surface area contributed by atoms with Gasteiger partial charge in [0.2, 0.25) is 5.91 Å². The van der Waals surface area contributed by atoms with Gasteiger partial charge in [0.1, 0.15) is 0 Å². The van der Waals surface area contributed by atoms with E-state index >= 15 is 0 Å². The number of anilines is 1. The average Bonchev–Trinajstić information content (AvgIpc) is 3.30. The number of benzene rings is 2.